The summed E-state index contributed by atoms with van der Waals surface area (Å²) in [6, 6.07) is 28.7. The largest absolute Gasteiger partial charge is 0.490 e. The highest BCUT2D eigenvalue weighted by Gasteiger charge is 2.12. The molecule has 0 aliphatic carbocycles. The maximum atomic E-state index is 11.1. The van der Waals surface area contributed by atoms with E-state index in [1.54, 1.807) is 12.1 Å². The van der Waals surface area contributed by atoms with Crippen molar-refractivity contribution in [3.05, 3.63) is 123 Å². The molecule has 0 fully saturated rings. The molecule has 0 aromatic heterocycles. The number of fused-ring (bicyclic) bond motifs is 2. The van der Waals surface area contributed by atoms with Crippen LogP contribution in [0, 0.1) is 33.8 Å². The molecule has 5 heteroatoms. The van der Waals surface area contributed by atoms with Gasteiger partial charge in [0.25, 0.3) is 5.69 Å². The standard InChI is InChI=1S/C42H41NO4/c1-3-5-7-13-29-46-41-28-23-33(31-42(41)47-30-14-8-6-4-2)22-27-40-37-17-11-9-15-35(37)39(36-16-10-12-18-38(36)40)26-21-32-19-24-34(25-20-32)43(44)45/h9-12,15-20,23-25,28,31H,3-8,13-14,29-30H2,1-2H3. The molecule has 0 spiro atoms. The maximum Gasteiger partial charge on any atom is 0.269 e. The number of nitrogens with zero attached hydrogens (tertiary/aromatic N) is 1. The van der Waals surface area contributed by atoms with Crippen LogP contribution in [0.15, 0.2) is 91.0 Å². The fourth-order valence-electron chi connectivity index (χ4n) is 5.57. The Hall–Kier alpha value is -5.26. The summed E-state index contributed by atoms with van der Waals surface area (Å²) in [5.41, 5.74) is 3.46. The molecule has 0 atom stereocenters. The molecule has 5 aromatic rings. The molecule has 0 amide bonds. The Balaban J connectivity index is 1.50. The number of nitro benzene ring substituents is 1. The van der Waals surface area contributed by atoms with E-state index in [-0.39, 0.29) is 5.69 Å². The highest BCUT2D eigenvalue weighted by Crippen LogP contribution is 2.33. The average molecular weight is 624 g/mol. The lowest BCUT2D eigenvalue weighted by molar-refractivity contribution is -0.384. The number of non-ortho nitro benzene ring substituents is 1. The Morgan fingerprint density at radius 1 is 0.553 bits per heavy atom. The van der Waals surface area contributed by atoms with Crippen molar-refractivity contribution in [1.29, 1.82) is 0 Å². The van der Waals surface area contributed by atoms with Gasteiger partial charge in [-0.25, -0.2) is 0 Å². The molecule has 5 nitrogen and oxygen atoms in total. The molecular formula is C42H41NO4. The second-order valence-corrected chi connectivity index (χ2v) is 11.6. The van der Waals surface area contributed by atoms with Crippen LogP contribution in [0.1, 0.15) is 87.5 Å². The van der Waals surface area contributed by atoms with Crippen molar-refractivity contribution in [1.82, 2.24) is 0 Å². The van der Waals surface area contributed by atoms with Gasteiger partial charge in [0.05, 0.1) is 18.1 Å². The lowest BCUT2D eigenvalue weighted by Crippen LogP contribution is -2.03. The molecule has 0 saturated heterocycles. The smallest absolute Gasteiger partial charge is 0.269 e. The summed E-state index contributed by atoms with van der Waals surface area (Å²) in [7, 11) is 0. The van der Waals surface area contributed by atoms with Gasteiger partial charge in [-0.1, -0.05) is 125 Å². The van der Waals surface area contributed by atoms with Crippen LogP contribution in [0.2, 0.25) is 0 Å². The lowest BCUT2D eigenvalue weighted by Gasteiger charge is -2.13. The molecule has 0 aliphatic rings. The maximum absolute atomic E-state index is 11.1. The third-order valence-electron chi connectivity index (χ3n) is 8.13. The third kappa shape index (κ3) is 8.72. The zero-order chi connectivity index (χ0) is 32.8. The van der Waals surface area contributed by atoms with Gasteiger partial charge in [-0.15, -0.1) is 0 Å². The van der Waals surface area contributed by atoms with E-state index in [1.165, 1.54) is 37.8 Å². The highest BCUT2D eigenvalue weighted by molar-refractivity contribution is 6.09. The molecule has 238 valence electrons. The van der Waals surface area contributed by atoms with Gasteiger partial charge in [-0.05, 0) is 64.7 Å². The first-order valence-corrected chi connectivity index (χ1v) is 16.7. The van der Waals surface area contributed by atoms with E-state index < -0.39 is 4.92 Å². The quantitative estimate of drug-likeness (QED) is 0.0430. The monoisotopic (exact) mass is 623 g/mol. The fourth-order valence-corrected chi connectivity index (χ4v) is 5.57. The normalized spacial score (nSPS) is 10.6. The third-order valence-corrected chi connectivity index (χ3v) is 8.13. The Kier molecular flexibility index (Phi) is 11.9. The predicted molar refractivity (Wildman–Crippen MR) is 192 cm³/mol. The van der Waals surface area contributed by atoms with Crippen molar-refractivity contribution in [2.24, 2.45) is 0 Å². The van der Waals surface area contributed by atoms with Crippen molar-refractivity contribution in [3.8, 4) is 35.2 Å². The number of benzene rings is 5. The molecule has 0 aliphatic heterocycles. The molecule has 0 heterocycles. The fraction of sp³-hybridized carbons (Fsp3) is 0.286. The number of rotatable bonds is 13. The van der Waals surface area contributed by atoms with Crippen LogP contribution in [0.25, 0.3) is 21.5 Å². The molecule has 0 N–H and O–H groups in total. The van der Waals surface area contributed by atoms with Crippen molar-refractivity contribution >= 4 is 27.2 Å². The van der Waals surface area contributed by atoms with Crippen LogP contribution in [-0.2, 0) is 0 Å². The summed E-state index contributed by atoms with van der Waals surface area (Å²) in [5.74, 6) is 15.0. The van der Waals surface area contributed by atoms with Crippen molar-refractivity contribution in [3.63, 3.8) is 0 Å². The van der Waals surface area contributed by atoms with E-state index in [0.29, 0.717) is 18.8 Å². The van der Waals surface area contributed by atoms with E-state index >= 15 is 0 Å². The van der Waals surface area contributed by atoms with Crippen LogP contribution in [-0.4, -0.2) is 18.1 Å². The first kappa shape index (κ1) is 33.1. The predicted octanol–water partition coefficient (Wildman–Crippen LogP) is 10.6. The van der Waals surface area contributed by atoms with Crippen LogP contribution < -0.4 is 9.47 Å². The van der Waals surface area contributed by atoms with Gasteiger partial charge in [0.15, 0.2) is 11.5 Å². The number of ether oxygens (including phenoxy) is 2. The van der Waals surface area contributed by atoms with E-state index in [9.17, 15) is 10.1 Å². The summed E-state index contributed by atoms with van der Waals surface area (Å²) in [6.07, 6.45) is 9.16. The Bertz CT molecular complexity index is 1900. The van der Waals surface area contributed by atoms with Gasteiger partial charge in [-0.2, -0.15) is 0 Å². The SMILES string of the molecule is CCCCCCOc1ccc(C#Cc2c3ccccc3c(C#Cc3ccc([N+](=O)[O-])cc3)c3ccccc23)cc1OCCCCCC. The molecular weight excluding hydrogens is 582 g/mol. The zero-order valence-electron chi connectivity index (χ0n) is 27.3. The van der Waals surface area contributed by atoms with E-state index in [0.717, 1.165) is 75.4 Å². The van der Waals surface area contributed by atoms with Crippen LogP contribution in [0.5, 0.6) is 11.5 Å². The molecule has 47 heavy (non-hydrogen) atoms. The molecule has 5 rings (SSSR count). The minimum atomic E-state index is -0.405. The first-order valence-electron chi connectivity index (χ1n) is 16.7. The van der Waals surface area contributed by atoms with Crippen molar-refractivity contribution in [2.45, 2.75) is 65.2 Å². The van der Waals surface area contributed by atoms with Gasteiger partial charge in [0.2, 0.25) is 0 Å². The molecule has 0 saturated carbocycles. The van der Waals surface area contributed by atoms with Gasteiger partial charge >= 0.3 is 0 Å². The first-order chi connectivity index (χ1) is 23.1. The van der Waals surface area contributed by atoms with Gasteiger partial charge < -0.3 is 9.47 Å². The Labute approximate surface area is 278 Å². The summed E-state index contributed by atoms with van der Waals surface area (Å²) >= 11 is 0. The van der Waals surface area contributed by atoms with Gasteiger partial charge in [-0.3, -0.25) is 10.1 Å². The molecule has 0 radical (unpaired) electrons. The summed E-state index contributed by atoms with van der Waals surface area (Å²) in [6.45, 7) is 5.75. The molecule has 0 unspecified atom stereocenters. The van der Waals surface area contributed by atoms with E-state index in [1.807, 2.05) is 42.5 Å². The number of hydrogen-bond donors (Lipinski definition) is 0. The topological polar surface area (TPSA) is 61.6 Å². The lowest BCUT2D eigenvalue weighted by atomic mass is 9.92. The second kappa shape index (κ2) is 16.9. The summed E-state index contributed by atoms with van der Waals surface area (Å²) in [5, 5.41) is 15.1. The van der Waals surface area contributed by atoms with Crippen LogP contribution >= 0.6 is 0 Å². The van der Waals surface area contributed by atoms with E-state index in [4.69, 9.17) is 9.47 Å². The van der Waals surface area contributed by atoms with Gasteiger partial charge in [0, 0.05) is 34.4 Å². The molecule has 0 bridgehead atoms. The van der Waals surface area contributed by atoms with Crippen molar-refractivity contribution in [2.75, 3.05) is 13.2 Å². The minimum absolute atomic E-state index is 0.0459. The van der Waals surface area contributed by atoms with Crippen LogP contribution in [0.3, 0.4) is 0 Å². The van der Waals surface area contributed by atoms with Crippen LogP contribution in [0.4, 0.5) is 5.69 Å². The Morgan fingerprint density at radius 2 is 1.02 bits per heavy atom. The Morgan fingerprint density at radius 3 is 1.51 bits per heavy atom. The van der Waals surface area contributed by atoms with Gasteiger partial charge in [0.1, 0.15) is 0 Å². The highest BCUT2D eigenvalue weighted by atomic mass is 16.6. The summed E-state index contributed by atoms with van der Waals surface area (Å²) < 4.78 is 12.4. The minimum Gasteiger partial charge on any atom is -0.490 e. The average Bonchev–Trinajstić information content (AvgIpc) is 3.10. The van der Waals surface area contributed by atoms with Crippen molar-refractivity contribution < 1.29 is 14.4 Å². The zero-order valence-corrected chi connectivity index (χ0v) is 27.3. The number of hydrogen-bond acceptors (Lipinski definition) is 4. The van der Waals surface area contributed by atoms with E-state index in [2.05, 4.69) is 61.8 Å². The number of unbranched alkanes of at least 4 members (excludes halogenated alkanes) is 6. The number of nitro groups is 1. The molecule has 5 aromatic carbocycles. The summed E-state index contributed by atoms with van der Waals surface area (Å²) in [4.78, 5) is 10.7. The second-order valence-electron chi connectivity index (χ2n) is 11.6.